The van der Waals surface area contributed by atoms with Gasteiger partial charge in [0.05, 0.1) is 21.2 Å². The Bertz CT molecular complexity index is 903. The van der Waals surface area contributed by atoms with Gasteiger partial charge < -0.3 is 0 Å². The highest BCUT2D eigenvalue weighted by atomic mass is 16.6. The van der Waals surface area contributed by atoms with Crippen molar-refractivity contribution >= 4 is 28.6 Å². The minimum absolute atomic E-state index is 0.0169. The Labute approximate surface area is 154 Å². The predicted molar refractivity (Wildman–Crippen MR) is 101 cm³/mol. The Hall–Kier alpha value is -3.69. The number of hydrazine groups is 2. The third-order valence-corrected chi connectivity index (χ3v) is 3.90. The molecule has 0 saturated heterocycles. The molecule has 0 radical (unpaired) electrons. The second kappa shape index (κ2) is 6.56. The molecule has 0 unspecified atom stereocenters. The molecule has 0 atom stereocenters. The molecule has 0 amide bonds. The molecule has 1 aliphatic rings. The molecule has 0 fully saturated rings. The number of amidine groups is 1. The number of anilines is 2. The topological polar surface area (TPSA) is 117 Å². The van der Waals surface area contributed by atoms with Crippen LogP contribution in [0.2, 0.25) is 0 Å². The SMILES string of the molecule is CC(C)(C)C1=NN(c2ccc([N+](=O)[O-])cc2)N(c2ccc([N+](=O)[O-])cc2)N1. The average Bonchev–Trinajstić information content (AvgIpc) is 3.07. The highest BCUT2D eigenvalue weighted by molar-refractivity contribution is 5.92. The third kappa shape index (κ3) is 3.64. The maximum absolute atomic E-state index is 10.9. The first-order valence-corrected chi connectivity index (χ1v) is 8.11. The highest BCUT2D eigenvalue weighted by Gasteiger charge is 2.32. The van der Waals surface area contributed by atoms with Crippen molar-refractivity contribution in [2.75, 3.05) is 10.2 Å². The lowest BCUT2D eigenvalue weighted by Gasteiger charge is -2.28. The van der Waals surface area contributed by atoms with E-state index in [9.17, 15) is 20.2 Å². The van der Waals surface area contributed by atoms with E-state index in [1.807, 2.05) is 20.8 Å². The number of nitro benzene ring substituents is 2. The van der Waals surface area contributed by atoms with Crippen LogP contribution in [0.1, 0.15) is 20.8 Å². The Kier molecular flexibility index (Phi) is 4.40. The molecule has 2 aromatic carbocycles. The van der Waals surface area contributed by atoms with Gasteiger partial charge in [-0.1, -0.05) is 20.8 Å². The maximum Gasteiger partial charge on any atom is 0.269 e. The van der Waals surface area contributed by atoms with Gasteiger partial charge in [0, 0.05) is 29.7 Å². The van der Waals surface area contributed by atoms with Gasteiger partial charge in [0.25, 0.3) is 11.4 Å². The molecule has 1 heterocycles. The minimum atomic E-state index is -0.468. The molecular weight excluding hydrogens is 352 g/mol. The summed E-state index contributed by atoms with van der Waals surface area (Å²) in [5, 5.41) is 29.5. The van der Waals surface area contributed by atoms with Gasteiger partial charge in [-0.25, -0.2) is 0 Å². The number of benzene rings is 2. The zero-order chi connectivity index (χ0) is 19.8. The van der Waals surface area contributed by atoms with Crippen molar-refractivity contribution in [1.29, 1.82) is 0 Å². The predicted octanol–water partition coefficient (Wildman–Crippen LogP) is 3.61. The van der Waals surface area contributed by atoms with E-state index in [-0.39, 0.29) is 16.8 Å². The van der Waals surface area contributed by atoms with Crippen molar-refractivity contribution in [1.82, 2.24) is 5.43 Å². The van der Waals surface area contributed by atoms with Gasteiger partial charge >= 0.3 is 0 Å². The van der Waals surface area contributed by atoms with Crippen molar-refractivity contribution in [3.05, 3.63) is 68.8 Å². The van der Waals surface area contributed by atoms with Crippen LogP contribution in [-0.2, 0) is 0 Å². The Morgan fingerprint density at radius 2 is 1.30 bits per heavy atom. The lowest BCUT2D eigenvalue weighted by Crippen LogP contribution is -2.46. The van der Waals surface area contributed by atoms with Gasteiger partial charge in [-0.2, -0.15) is 10.2 Å². The molecule has 1 aliphatic heterocycles. The summed E-state index contributed by atoms with van der Waals surface area (Å²) >= 11 is 0. The molecule has 0 saturated carbocycles. The lowest BCUT2D eigenvalue weighted by molar-refractivity contribution is -0.385. The van der Waals surface area contributed by atoms with Crippen LogP contribution in [-0.4, -0.2) is 15.7 Å². The average molecular weight is 370 g/mol. The summed E-state index contributed by atoms with van der Waals surface area (Å²) in [6.07, 6.45) is 0. The molecular formula is C17H18N6O4. The first-order chi connectivity index (χ1) is 12.7. The van der Waals surface area contributed by atoms with Crippen LogP contribution in [0, 0.1) is 25.6 Å². The Balaban J connectivity index is 1.98. The first-order valence-electron chi connectivity index (χ1n) is 8.11. The number of nitro groups is 2. The number of hydrogen-bond acceptors (Lipinski definition) is 8. The molecule has 3 rings (SSSR count). The number of hydrogen-bond donors (Lipinski definition) is 1. The molecule has 1 N–H and O–H groups in total. The molecule has 0 bridgehead atoms. The molecule has 27 heavy (non-hydrogen) atoms. The van der Waals surface area contributed by atoms with Gasteiger partial charge in [0.1, 0.15) is 0 Å². The summed E-state index contributed by atoms with van der Waals surface area (Å²) in [7, 11) is 0. The van der Waals surface area contributed by atoms with Crippen LogP contribution < -0.4 is 15.7 Å². The summed E-state index contributed by atoms with van der Waals surface area (Å²) in [5.41, 5.74) is 4.10. The van der Waals surface area contributed by atoms with E-state index in [4.69, 9.17) is 0 Å². The zero-order valence-electron chi connectivity index (χ0n) is 15.0. The number of non-ortho nitro benzene ring substituents is 2. The van der Waals surface area contributed by atoms with E-state index in [2.05, 4.69) is 10.5 Å². The van der Waals surface area contributed by atoms with Gasteiger partial charge in [-0.05, 0) is 24.3 Å². The van der Waals surface area contributed by atoms with E-state index in [1.54, 1.807) is 34.5 Å². The third-order valence-electron chi connectivity index (χ3n) is 3.90. The number of nitrogens with one attached hydrogen (secondary N) is 1. The van der Waals surface area contributed by atoms with E-state index in [1.165, 1.54) is 24.3 Å². The second-order valence-corrected chi connectivity index (χ2v) is 6.96. The highest BCUT2D eigenvalue weighted by Crippen LogP contribution is 2.30. The van der Waals surface area contributed by atoms with Crippen LogP contribution in [0.15, 0.2) is 53.6 Å². The molecule has 0 aromatic heterocycles. The van der Waals surface area contributed by atoms with E-state index in [0.717, 1.165) is 0 Å². The molecule has 0 aliphatic carbocycles. The lowest BCUT2D eigenvalue weighted by atomic mass is 9.95. The summed E-state index contributed by atoms with van der Waals surface area (Å²) in [4.78, 5) is 20.8. The van der Waals surface area contributed by atoms with Crippen molar-refractivity contribution in [3.8, 4) is 0 Å². The molecule has 10 heteroatoms. The van der Waals surface area contributed by atoms with Crippen LogP contribution in [0.25, 0.3) is 0 Å². The largest absolute Gasteiger partial charge is 0.269 e. The van der Waals surface area contributed by atoms with Crippen LogP contribution in [0.3, 0.4) is 0 Å². The van der Waals surface area contributed by atoms with Crippen molar-refractivity contribution in [3.63, 3.8) is 0 Å². The zero-order valence-corrected chi connectivity index (χ0v) is 15.0. The Morgan fingerprint density at radius 3 is 1.70 bits per heavy atom. The van der Waals surface area contributed by atoms with Gasteiger partial charge in [0.2, 0.25) is 0 Å². The van der Waals surface area contributed by atoms with Gasteiger partial charge in [-0.3, -0.25) is 25.7 Å². The molecule has 10 nitrogen and oxygen atoms in total. The fraction of sp³-hybridized carbons (Fsp3) is 0.235. The minimum Gasteiger partial charge on any atom is -0.262 e. The maximum atomic E-state index is 10.9. The summed E-state index contributed by atoms with van der Waals surface area (Å²) in [5.74, 6) is 0.680. The fourth-order valence-corrected chi connectivity index (χ4v) is 2.40. The number of rotatable bonds is 4. The standard InChI is InChI=1S/C17H18N6O4/c1-17(2,3)16-18-20(12-4-8-14(9-5-12)22(24)25)21(19-16)13-6-10-15(11-7-13)23(26)27/h4-11H,1-3H3,(H,18,19). The summed E-state index contributed by atoms with van der Waals surface area (Å²) in [6, 6.07) is 12.0. The summed E-state index contributed by atoms with van der Waals surface area (Å²) < 4.78 is 0. The van der Waals surface area contributed by atoms with Crippen LogP contribution in [0.4, 0.5) is 22.7 Å². The van der Waals surface area contributed by atoms with Crippen molar-refractivity contribution in [2.45, 2.75) is 20.8 Å². The quantitative estimate of drug-likeness (QED) is 0.645. The first kappa shape index (κ1) is 18.1. The number of nitrogens with zero attached hydrogens (tertiary/aromatic N) is 5. The molecule has 0 spiro atoms. The van der Waals surface area contributed by atoms with Crippen molar-refractivity contribution < 1.29 is 9.85 Å². The normalized spacial score (nSPS) is 14.0. The second-order valence-electron chi connectivity index (χ2n) is 6.96. The van der Waals surface area contributed by atoms with Crippen molar-refractivity contribution in [2.24, 2.45) is 10.5 Å². The molecule has 140 valence electrons. The van der Waals surface area contributed by atoms with E-state index >= 15 is 0 Å². The monoisotopic (exact) mass is 370 g/mol. The van der Waals surface area contributed by atoms with Crippen LogP contribution in [0.5, 0.6) is 0 Å². The fourth-order valence-electron chi connectivity index (χ4n) is 2.40. The van der Waals surface area contributed by atoms with E-state index < -0.39 is 9.85 Å². The van der Waals surface area contributed by atoms with Crippen LogP contribution >= 0.6 is 0 Å². The smallest absolute Gasteiger partial charge is 0.262 e. The summed E-state index contributed by atoms with van der Waals surface area (Å²) in [6.45, 7) is 5.98. The Morgan fingerprint density at radius 1 is 0.852 bits per heavy atom. The van der Waals surface area contributed by atoms with E-state index in [0.29, 0.717) is 17.2 Å². The van der Waals surface area contributed by atoms with Gasteiger partial charge in [0.15, 0.2) is 5.84 Å². The van der Waals surface area contributed by atoms with Gasteiger partial charge in [-0.15, -0.1) is 5.10 Å². The number of hydrazone groups is 1. The molecule has 2 aromatic rings.